The number of methoxy groups -OCH3 is 1. The Balaban J connectivity index is 2.50. The van der Waals surface area contributed by atoms with Gasteiger partial charge in [0.25, 0.3) is 0 Å². The molecule has 1 N–H and O–H groups in total. The zero-order chi connectivity index (χ0) is 13.3. The maximum absolute atomic E-state index is 11.1. The van der Waals surface area contributed by atoms with E-state index in [1.165, 1.54) is 0 Å². The number of carbonyl (C=O) groups excluding carboxylic acids is 1. The second-order valence-corrected chi connectivity index (χ2v) is 4.88. The summed E-state index contributed by atoms with van der Waals surface area (Å²) in [5.74, 6) is 0.642. The number of carbonyl (C=O) groups is 2. The third-order valence-corrected chi connectivity index (χ3v) is 3.84. The lowest BCUT2D eigenvalue weighted by atomic mass is 9.94. The molecule has 0 bridgehead atoms. The van der Waals surface area contributed by atoms with Crippen molar-refractivity contribution in [1.29, 1.82) is 0 Å². The molecule has 18 heavy (non-hydrogen) atoms. The number of hydrogen-bond donors (Lipinski definition) is 1. The molecule has 5 nitrogen and oxygen atoms in total. The quantitative estimate of drug-likeness (QED) is 0.849. The topological polar surface area (TPSA) is 66.8 Å². The molecule has 0 saturated carbocycles. The Labute approximate surface area is 112 Å². The van der Waals surface area contributed by atoms with Crippen LogP contribution in [0.5, 0.6) is 5.75 Å². The van der Waals surface area contributed by atoms with E-state index >= 15 is 0 Å². The highest BCUT2D eigenvalue weighted by atomic mass is 79.9. The van der Waals surface area contributed by atoms with Crippen LogP contribution >= 0.6 is 15.9 Å². The van der Waals surface area contributed by atoms with E-state index in [9.17, 15) is 9.59 Å². The summed E-state index contributed by atoms with van der Waals surface area (Å²) in [6, 6.07) is 2.98. The fourth-order valence-corrected chi connectivity index (χ4v) is 2.70. The van der Waals surface area contributed by atoms with E-state index in [-0.39, 0.29) is 6.54 Å². The minimum absolute atomic E-state index is 0.163. The molecule has 1 aromatic carbocycles. The highest BCUT2D eigenvalue weighted by molar-refractivity contribution is 9.10. The van der Waals surface area contributed by atoms with Crippen molar-refractivity contribution in [3.05, 3.63) is 27.7 Å². The third kappa shape index (κ3) is 2.08. The summed E-state index contributed by atoms with van der Waals surface area (Å²) >= 11 is 3.42. The zero-order valence-electron chi connectivity index (χ0n) is 9.72. The molecule has 1 aliphatic rings. The highest BCUT2D eigenvalue weighted by Gasteiger charge is 2.32. The molecule has 1 atom stereocenters. The van der Waals surface area contributed by atoms with Crippen molar-refractivity contribution in [3.8, 4) is 5.75 Å². The average Bonchev–Trinajstić information content (AvgIpc) is 2.38. The number of benzene rings is 1. The van der Waals surface area contributed by atoms with E-state index < -0.39 is 12.1 Å². The molecule has 0 aliphatic carbocycles. The van der Waals surface area contributed by atoms with Crippen molar-refractivity contribution in [2.45, 2.75) is 19.0 Å². The maximum atomic E-state index is 11.1. The van der Waals surface area contributed by atoms with E-state index in [1.54, 1.807) is 13.2 Å². The molecule has 0 spiro atoms. The maximum Gasteiger partial charge on any atom is 0.408 e. The Bertz CT molecular complexity index is 503. The standard InChI is InChI=1S/C12H12BrNO4/c1-18-11-3-2-10(13)8-4-7(6-15)14(12(16)17)5-9(8)11/h2-3,6-7H,4-5H2,1H3,(H,16,17). The molecule has 1 unspecified atom stereocenters. The molecule has 0 aromatic heterocycles. The van der Waals surface area contributed by atoms with Crippen LogP contribution in [0.15, 0.2) is 16.6 Å². The molecule has 1 amide bonds. The summed E-state index contributed by atoms with van der Waals surface area (Å²) in [6.07, 6.45) is -0.0638. The van der Waals surface area contributed by atoms with Crippen LogP contribution in [0.1, 0.15) is 11.1 Å². The van der Waals surface area contributed by atoms with Crippen LogP contribution in [0.4, 0.5) is 4.79 Å². The van der Waals surface area contributed by atoms with Gasteiger partial charge in [-0.2, -0.15) is 0 Å². The molecule has 6 heteroatoms. The second-order valence-electron chi connectivity index (χ2n) is 4.02. The van der Waals surface area contributed by atoms with Crippen LogP contribution < -0.4 is 4.74 Å². The Morgan fingerprint density at radius 1 is 1.56 bits per heavy atom. The number of halogens is 1. The molecule has 0 radical (unpaired) electrons. The smallest absolute Gasteiger partial charge is 0.408 e. The fourth-order valence-electron chi connectivity index (χ4n) is 2.17. The van der Waals surface area contributed by atoms with Crippen molar-refractivity contribution in [2.24, 2.45) is 0 Å². The second kappa shape index (κ2) is 4.97. The number of amides is 1. The largest absolute Gasteiger partial charge is 0.496 e. The van der Waals surface area contributed by atoms with Crippen LogP contribution in [0.2, 0.25) is 0 Å². The lowest BCUT2D eigenvalue weighted by Gasteiger charge is -2.33. The molecule has 0 fully saturated rings. The fraction of sp³-hybridized carbons (Fsp3) is 0.333. The first-order chi connectivity index (χ1) is 8.58. The molecule has 1 aromatic rings. The van der Waals surface area contributed by atoms with Crippen LogP contribution in [0.25, 0.3) is 0 Å². The normalized spacial score (nSPS) is 18.1. The van der Waals surface area contributed by atoms with E-state index in [0.717, 1.165) is 20.5 Å². The first-order valence-electron chi connectivity index (χ1n) is 5.37. The molecule has 1 heterocycles. The first-order valence-corrected chi connectivity index (χ1v) is 6.17. The number of fused-ring (bicyclic) bond motifs is 1. The summed E-state index contributed by atoms with van der Waals surface area (Å²) in [6.45, 7) is 0.163. The number of carboxylic acid groups (broad SMARTS) is 1. The lowest BCUT2D eigenvalue weighted by Crippen LogP contribution is -2.44. The number of ether oxygens (including phenoxy) is 1. The van der Waals surface area contributed by atoms with E-state index in [4.69, 9.17) is 9.84 Å². The summed E-state index contributed by atoms with van der Waals surface area (Å²) in [7, 11) is 1.54. The predicted molar refractivity (Wildman–Crippen MR) is 67.8 cm³/mol. The third-order valence-electron chi connectivity index (χ3n) is 3.10. The zero-order valence-corrected chi connectivity index (χ0v) is 11.3. The molecular weight excluding hydrogens is 302 g/mol. The number of aldehydes is 1. The van der Waals surface area contributed by atoms with Crippen molar-refractivity contribution in [1.82, 2.24) is 4.90 Å². The van der Waals surface area contributed by atoms with Gasteiger partial charge in [-0.25, -0.2) is 4.79 Å². The van der Waals surface area contributed by atoms with Gasteiger partial charge < -0.3 is 14.6 Å². The summed E-state index contributed by atoms with van der Waals surface area (Å²) in [5, 5.41) is 9.11. The molecule has 1 aliphatic heterocycles. The molecule has 96 valence electrons. The van der Waals surface area contributed by atoms with Gasteiger partial charge in [0, 0.05) is 16.5 Å². The first kappa shape index (κ1) is 12.9. The Kier molecular flexibility index (Phi) is 3.56. The van der Waals surface area contributed by atoms with Gasteiger partial charge >= 0.3 is 6.09 Å². The summed E-state index contributed by atoms with van der Waals surface area (Å²) < 4.78 is 6.11. The van der Waals surface area contributed by atoms with Gasteiger partial charge in [-0.1, -0.05) is 15.9 Å². The van der Waals surface area contributed by atoms with Crippen molar-refractivity contribution >= 4 is 28.3 Å². The molecular formula is C12H12BrNO4. The van der Waals surface area contributed by atoms with E-state index in [2.05, 4.69) is 15.9 Å². The van der Waals surface area contributed by atoms with Gasteiger partial charge in [-0.05, 0) is 17.7 Å². The number of nitrogens with zero attached hydrogens (tertiary/aromatic N) is 1. The van der Waals surface area contributed by atoms with Crippen LogP contribution in [0, 0.1) is 0 Å². The van der Waals surface area contributed by atoms with Gasteiger partial charge in [0.2, 0.25) is 0 Å². The average molecular weight is 314 g/mol. The van der Waals surface area contributed by atoms with Crippen molar-refractivity contribution in [3.63, 3.8) is 0 Å². The summed E-state index contributed by atoms with van der Waals surface area (Å²) in [5.41, 5.74) is 1.75. The van der Waals surface area contributed by atoms with Gasteiger partial charge in [-0.15, -0.1) is 0 Å². The SMILES string of the molecule is COc1ccc(Br)c2c1CN(C(=O)O)C(C=O)C2. The molecule has 0 saturated heterocycles. The summed E-state index contributed by atoms with van der Waals surface area (Å²) in [4.78, 5) is 23.3. The van der Waals surface area contributed by atoms with Gasteiger partial charge in [0.15, 0.2) is 0 Å². The van der Waals surface area contributed by atoms with Crippen LogP contribution in [-0.4, -0.2) is 35.5 Å². The van der Waals surface area contributed by atoms with Crippen LogP contribution in [-0.2, 0) is 17.8 Å². The van der Waals surface area contributed by atoms with Gasteiger partial charge in [-0.3, -0.25) is 4.90 Å². The lowest BCUT2D eigenvalue weighted by molar-refractivity contribution is -0.112. The van der Waals surface area contributed by atoms with Gasteiger partial charge in [0.1, 0.15) is 12.0 Å². The number of hydrogen-bond acceptors (Lipinski definition) is 3. The van der Waals surface area contributed by atoms with Crippen molar-refractivity contribution < 1.29 is 19.4 Å². The Morgan fingerprint density at radius 2 is 2.28 bits per heavy atom. The van der Waals surface area contributed by atoms with E-state index in [0.29, 0.717) is 18.5 Å². The highest BCUT2D eigenvalue weighted by Crippen LogP contribution is 2.35. The molecule has 2 rings (SSSR count). The Hall–Kier alpha value is -1.56. The number of rotatable bonds is 2. The minimum Gasteiger partial charge on any atom is -0.496 e. The van der Waals surface area contributed by atoms with Crippen LogP contribution in [0.3, 0.4) is 0 Å². The Morgan fingerprint density at radius 3 is 2.83 bits per heavy atom. The monoisotopic (exact) mass is 313 g/mol. The predicted octanol–water partition coefficient (Wildman–Crippen LogP) is 2.06. The van der Waals surface area contributed by atoms with Crippen molar-refractivity contribution in [2.75, 3.05) is 7.11 Å². The minimum atomic E-state index is -1.10. The van der Waals surface area contributed by atoms with Gasteiger partial charge in [0.05, 0.1) is 19.7 Å². The van der Waals surface area contributed by atoms with E-state index in [1.807, 2.05) is 6.07 Å².